The van der Waals surface area contributed by atoms with Gasteiger partial charge < -0.3 is 4.74 Å². The molecule has 0 unspecified atom stereocenters. The lowest BCUT2D eigenvalue weighted by molar-refractivity contribution is -0.122. The smallest absolute Gasteiger partial charge is 0.335 e. The molecule has 1 saturated heterocycles. The Balaban J connectivity index is 2.04. The summed E-state index contributed by atoms with van der Waals surface area (Å²) < 4.78 is 6.47. The molecule has 0 bridgehead atoms. The zero-order valence-corrected chi connectivity index (χ0v) is 18.1. The highest BCUT2D eigenvalue weighted by molar-refractivity contribution is 9.10. The van der Waals surface area contributed by atoms with Crippen molar-refractivity contribution < 1.29 is 19.1 Å². The van der Waals surface area contributed by atoms with E-state index < -0.39 is 17.8 Å². The van der Waals surface area contributed by atoms with Crippen LogP contribution in [0.5, 0.6) is 5.75 Å². The second-order valence-electron chi connectivity index (χ2n) is 6.42. The fraction of sp³-hybridized carbons (Fsp3) is 0.190. The Hall–Kier alpha value is -2.64. The van der Waals surface area contributed by atoms with Gasteiger partial charge in [0.05, 0.1) is 12.3 Å². The minimum Gasteiger partial charge on any atom is -0.493 e. The van der Waals surface area contributed by atoms with Crippen molar-refractivity contribution in [2.75, 3.05) is 11.5 Å². The first kappa shape index (κ1) is 21.1. The predicted molar refractivity (Wildman–Crippen MR) is 115 cm³/mol. The van der Waals surface area contributed by atoms with Crippen molar-refractivity contribution in [3.05, 3.63) is 62.6 Å². The van der Waals surface area contributed by atoms with E-state index in [-0.39, 0.29) is 11.3 Å². The van der Waals surface area contributed by atoms with Crippen LogP contribution in [0.1, 0.15) is 24.5 Å². The number of carbonyl (C=O) groups excluding carboxylic acids is 3. The normalized spacial score (nSPS) is 15.7. The number of urea groups is 1. The summed E-state index contributed by atoms with van der Waals surface area (Å²) in [5.74, 6) is -0.971. The molecule has 0 saturated carbocycles. The minimum absolute atomic E-state index is 0.180. The van der Waals surface area contributed by atoms with Gasteiger partial charge in [-0.15, -0.1) is 0 Å². The molecule has 6 nitrogen and oxygen atoms in total. The van der Waals surface area contributed by atoms with Crippen LogP contribution in [-0.4, -0.2) is 24.5 Å². The number of carbonyl (C=O) groups is 3. The second-order valence-corrected chi connectivity index (χ2v) is 7.74. The lowest BCUT2D eigenvalue weighted by Crippen LogP contribution is -2.54. The molecule has 0 radical (unpaired) electrons. The number of rotatable bonds is 5. The van der Waals surface area contributed by atoms with Gasteiger partial charge in [0.2, 0.25) is 0 Å². The van der Waals surface area contributed by atoms with Gasteiger partial charge in [0.15, 0.2) is 0 Å². The number of aryl methyl sites for hydroxylation is 1. The van der Waals surface area contributed by atoms with Crippen LogP contribution < -0.4 is 15.0 Å². The summed E-state index contributed by atoms with van der Waals surface area (Å²) in [4.78, 5) is 38.7. The van der Waals surface area contributed by atoms with Crippen molar-refractivity contribution in [2.24, 2.45) is 0 Å². The number of nitrogens with zero attached hydrogens (tertiary/aromatic N) is 1. The summed E-state index contributed by atoms with van der Waals surface area (Å²) in [5, 5.41) is 2.61. The van der Waals surface area contributed by atoms with E-state index in [9.17, 15) is 14.4 Å². The Bertz CT molecular complexity index is 1040. The largest absolute Gasteiger partial charge is 0.493 e. The highest BCUT2D eigenvalue weighted by atomic mass is 79.9. The van der Waals surface area contributed by atoms with Crippen LogP contribution in [0.25, 0.3) is 6.08 Å². The van der Waals surface area contributed by atoms with Crippen LogP contribution in [-0.2, 0) is 9.59 Å². The molecule has 2 aromatic carbocycles. The van der Waals surface area contributed by atoms with E-state index >= 15 is 0 Å². The SMILES string of the molecule is CCCOc1ccc(Br)cc1/C=C1\C(=O)NC(=O)N(c2ccc(C)c(Cl)c2)C1=O. The van der Waals surface area contributed by atoms with E-state index in [0.717, 1.165) is 21.4 Å². The molecular weight excluding hydrogens is 460 g/mol. The fourth-order valence-corrected chi connectivity index (χ4v) is 3.30. The summed E-state index contributed by atoms with van der Waals surface area (Å²) in [7, 11) is 0. The first-order valence-corrected chi connectivity index (χ1v) is 10.1. The lowest BCUT2D eigenvalue weighted by atomic mass is 10.1. The third-order valence-electron chi connectivity index (χ3n) is 4.25. The van der Waals surface area contributed by atoms with Gasteiger partial charge in [-0.2, -0.15) is 0 Å². The van der Waals surface area contributed by atoms with Crippen molar-refractivity contribution in [1.29, 1.82) is 0 Å². The highest BCUT2D eigenvalue weighted by Crippen LogP contribution is 2.29. The average molecular weight is 478 g/mol. The van der Waals surface area contributed by atoms with Crippen molar-refractivity contribution in [3.8, 4) is 5.75 Å². The molecule has 0 aliphatic carbocycles. The van der Waals surface area contributed by atoms with Gasteiger partial charge in [0.25, 0.3) is 11.8 Å². The molecule has 8 heteroatoms. The zero-order valence-electron chi connectivity index (χ0n) is 15.8. The zero-order chi connectivity index (χ0) is 21.1. The molecule has 4 amide bonds. The summed E-state index contributed by atoms with van der Waals surface area (Å²) in [6.07, 6.45) is 2.23. The van der Waals surface area contributed by atoms with Crippen LogP contribution in [0.2, 0.25) is 5.02 Å². The number of benzene rings is 2. The monoisotopic (exact) mass is 476 g/mol. The molecule has 1 aliphatic rings. The maximum Gasteiger partial charge on any atom is 0.335 e. The minimum atomic E-state index is -0.825. The quantitative estimate of drug-likeness (QED) is 0.493. The first-order valence-electron chi connectivity index (χ1n) is 8.91. The molecule has 29 heavy (non-hydrogen) atoms. The van der Waals surface area contributed by atoms with E-state index in [1.54, 1.807) is 30.3 Å². The molecule has 1 aliphatic heterocycles. The van der Waals surface area contributed by atoms with E-state index in [2.05, 4.69) is 21.2 Å². The summed E-state index contributed by atoms with van der Waals surface area (Å²) >= 11 is 9.52. The number of anilines is 1. The Labute approximate surface area is 181 Å². The molecule has 0 spiro atoms. The van der Waals surface area contributed by atoms with Gasteiger partial charge in [-0.1, -0.05) is 40.5 Å². The molecule has 2 aromatic rings. The van der Waals surface area contributed by atoms with Crippen LogP contribution >= 0.6 is 27.5 Å². The molecule has 0 aromatic heterocycles. The van der Waals surface area contributed by atoms with E-state index in [4.69, 9.17) is 16.3 Å². The fourth-order valence-electron chi connectivity index (χ4n) is 2.74. The summed E-state index contributed by atoms with van der Waals surface area (Å²) in [6.45, 7) is 4.28. The average Bonchev–Trinajstić information content (AvgIpc) is 2.67. The Morgan fingerprint density at radius 3 is 2.62 bits per heavy atom. The molecule has 0 atom stereocenters. The van der Waals surface area contributed by atoms with Gasteiger partial charge >= 0.3 is 6.03 Å². The molecule has 1 N–H and O–H groups in total. The second kappa shape index (κ2) is 8.80. The number of nitrogens with one attached hydrogen (secondary N) is 1. The maximum absolute atomic E-state index is 13.0. The number of halogens is 2. The third kappa shape index (κ3) is 4.52. The van der Waals surface area contributed by atoms with E-state index in [1.165, 1.54) is 12.1 Å². The molecule has 3 rings (SSSR count). The number of amides is 4. The molecular formula is C21H18BrClN2O4. The first-order chi connectivity index (χ1) is 13.8. The standard InChI is InChI=1S/C21H18BrClN2O4/c1-3-8-29-18-7-5-14(22)9-13(18)10-16-19(26)24-21(28)25(20(16)27)15-6-4-12(2)17(23)11-15/h4-7,9-11H,3,8H2,1-2H3,(H,24,26,28)/b16-10+. The number of imide groups is 2. The lowest BCUT2D eigenvalue weighted by Gasteiger charge is -2.26. The van der Waals surface area contributed by atoms with Crippen LogP contribution in [0.3, 0.4) is 0 Å². The van der Waals surface area contributed by atoms with Gasteiger partial charge in [0.1, 0.15) is 11.3 Å². The third-order valence-corrected chi connectivity index (χ3v) is 5.15. The van der Waals surface area contributed by atoms with Gasteiger partial charge in [0, 0.05) is 15.1 Å². The van der Waals surface area contributed by atoms with E-state index in [0.29, 0.717) is 22.9 Å². The number of ether oxygens (including phenoxy) is 1. The van der Waals surface area contributed by atoms with Gasteiger partial charge in [-0.05, 0) is 55.3 Å². The summed E-state index contributed by atoms with van der Waals surface area (Å²) in [6, 6.07) is 9.27. The van der Waals surface area contributed by atoms with Crippen LogP contribution in [0.15, 0.2) is 46.4 Å². The topological polar surface area (TPSA) is 75.7 Å². The van der Waals surface area contributed by atoms with Gasteiger partial charge in [-0.3, -0.25) is 14.9 Å². The number of barbiturate groups is 1. The van der Waals surface area contributed by atoms with Crippen molar-refractivity contribution >= 4 is 57.1 Å². The van der Waals surface area contributed by atoms with Crippen molar-refractivity contribution in [3.63, 3.8) is 0 Å². The summed E-state index contributed by atoms with van der Waals surface area (Å²) in [5.41, 5.74) is 1.44. The Morgan fingerprint density at radius 2 is 1.93 bits per heavy atom. The van der Waals surface area contributed by atoms with Crippen LogP contribution in [0.4, 0.5) is 10.5 Å². The Morgan fingerprint density at radius 1 is 1.17 bits per heavy atom. The maximum atomic E-state index is 13.0. The molecule has 150 valence electrons. The molecule has 1 heterocycles. The number of hydrogen-bond acceptors (Lipinski definition) is 4. The predicted octanol–water partition coefficient (Wildman–Crippen LogP) is 4.87. The Kier molecular flexibility index (Phi) is 6.39. The van der Waals surface area contributed by atoms with Crippen molar-refractivity contribution in [2.45, 2.75) is 20.3 Å². The van der Waals surface area contributed by atoms with Crippen molar-refractivity contribution in [1.82, 2.24) is 5.32 Å². The van der Waals surface area contributed by atoms with Gasteiger partial charge in [-0.25, -0.2) is 9.69 Å². The highest BCUT2D eigenvalue weighted by Gasteiger charge is 2.37. The van der Waals surface area contributed by atoms with Crippen LogP contribution in [0, 0.1) is 6.92 Å². The molecule has 1 fully saturated rings. The van der Waals surface area contributed by atoms with E-state index in [1.807, 2.05) is 13.8 Å². The number of hydrogen-bond donors (Lipinski definition) is 1.